The molecular weight excluding hydrogens is 338 g/mol. The highest BCUT2D eigenvalue weighted by Crippen LogP contribution is 2.21. The van der Waals surface area contributed by atoms with Gasteiger partial charge in [-0.15, -0.1) is 0 Å². The highest BCUT2D eigenvalue weighted by atomic mass is 16.5. The van der Waals surface area contributed by atoms with E-state index in [4.69, 9.17) is 4.74 Å². The largest absolute Gasteiger partial charge is 0.496 e. The molecule has 1 aliphatic carbocycles. The van der Waals surface area contributed by atoms with Crippen LogP contribution in [0.4, 0.5) is 5.69 Å². The zero-order valence-electron chi connectivity index (χ0n) is 16.0. The summed E-state index contributed by atoms with van der Waals surface area (Å²) in [5, 5.41) is 6.49. The number of ether oxygens (including phenoxy) is 1. The Balaban J connectivity index is 1.48. The average Bonchev–Trinajstić information content (AvgIpc) is 2.97. The minimum absolute atomic E-state index is 0.147. The first-order valence-electron chi connectivity index (χ1n) is 9.89. The number of hydrogen-bond acceptors (Lipinski definition) is 4. The van der Waals surface area contributed by atoms with Gasteiger partial charge in [0.2, 0.25) is 0 Å². The molecule has 0 bridgehead atoms. The SMILES string of the molecule is COc1ccccc1CCNC(=O)c1ccc(NC2CCCCCC2)cn1. The molecule has 1 fully saturated rings. The number of methoxy groups -OCH3 is 1. The fourth-order valence-electron chi connectivity index (χ4n) is 3.58. The zero-order valence-corrected chi connectivity index (χ0v) is 16.0. The third-order valence-electron chi connectivity index (χ3n) is 5.09. The summed E-state index contributed by atoms with van der Waals surface area (Å²) in [5.41, 5.74) is 2.52. The van der Waals surface area contributed by atoms with Crippen molar-refractivity contribution in [2.75, 3.05) is 19.0 Å². The molecule has 0 spiro atoms. The molecule has 0 saturated heterocycles. The molecule has 5 heteroatoms. The van der Waals surface area contributed by atoms with E-state index in [0.29, 0.717) is 18.3 Å². The van der Waals surface area contributed by atoms with E-state index in [1.54, 1.807) is 19.4 Å². The Labute approximate surface area is 161 Å². The molecule has 1 heterocycles. The molecule has 0 unspecified atom stereocenters. The Morgan fingerprint density at radius 1 is 1.11 bits per heavy atom. The summed E-state index contributed by atoms with van der Waals surface area (Å²) in [4.78, 5) is 16.6. The number of hydrogen-bond donors (Lipinski definition) is 2. The fourth-order valence-corrected chi connectivity index (χ4v) is 3.58. The monoisotopic (exact) mass is 367 g/mol. The van der Waals surface area contributed by atoms with Crippen molar-refractivity contribution in [2.24, 2.45) is 0 Å². The molecule has 1 saturated carbocycles. The highest BCUT2D eigenvalue weighted by Gasteiger charge is 2.13. The smallest absolute Gasteiger partial charge is 0.269 e. The van der Waals surface area contributed by atoms with E-state index in [2.05, 4.69) is 15.6 Å². The second kappa shape index (κ2) is 9.95. The lowest BCUT2D eigenvalue weighted by Gasteiger charge is -2.17. The second-order valence-electron chi connectivity index (χ2n) is 7.08. The fraction of sp³-hybridized carbons (Fsp3) is 0.455. The van der Waals surface area contributed by atoms with Crippen molar-refractivity contribution >= 4 is 11.6 Å². The van der Waals surface area contributed by atoms with Crippen molar-refractivity contribution in [3.63, 3.8) is 0 Å². The van der Waals surface area contributed by atoms with E-state index in [9.17, 15) is 4.79 Å². The summed E-state index contributed by atoms with van der Waals surface area (Å²) in [6, 6.07) is 12.1. The summed E-state index contributed by atoms with van der Waals surface area (Å²) < 4.78 is 5.34. The Bertz CT molecular complexity index is 723. The summed E-state index contributed by atoms with van der Waals surface area (Å²) in [5.74, 6) is 0.699. The first kappa shape index (κ1) is 19.2. The number of carbonyl (C=O) groups excluding carboxylic acids is 1. The van der Waals surface area contributed by atoms with E-state index >= 15 is 0 Å². The molecule has 1 aromatic heterocycles. The number of nitrogens with zero attached hydrogens (tertiary/aromatic N) is 1. The van der Waals surface area contributed by atoms with Crippen LogP contribution in [0.2, 0.25) is 0 Å². The quantitative estimate of drug-likeness (QED) is 0.720. The van der Waals surface area contributed by atoms with Gasteiger partial charge in [-0.2, -0.15) is 0 Å². The lowest BCUT2D eigenvalue weighted by molar-refractivity contribution is 0.0949. The molecule has 144 valence electrons. The van der Waals surface area contributed by atoms with E-state index in [0.717, 1.165) is 23.4 Å². The number of rotatable bonds is 7. The molecule has 2 N–H and O–H groups in total. The first-order chi connectivity index (χ1) is 13.3. The first-order valence-corrected chi connectivity index (χ1v) is 9.89. The van der Waals surface area contributed by atoms with Crippen molar-refractivity contribution in [3.05, 3.63) is 53.9 Å². The van der Waals surface area contributed by atoms with Crippen LogP contribution in [-0.2, 0) is 6.42 Å². The normalized spacial score (nSPS) is 15.0. The number of aromatic nitrogens is 1. The van der Waals surface area contributed by atoms with E-state index in [-0.39, 0.29) is 5.91 Å². The number of anilines is 1. The Hall–Kier alpha value is -2.56. The lowest BCUT2D eigenvalue weighted by Crippen LogP contribution is -2.26. The van der Waals surface area contributed by atoms with Gasteiger partial charge in [-0.3, -0.25) is 4.79 Å². The predicted octanol–water partition coefficient (Wildman–Crippen LogP) is 4.20. The van der Waals surface area contributed by atoms with Crippen LogP contribution in [0.25, 0.3) is 0 Å². The molecule has 2 aromatic rings. The number of nitrogens with one attached hydrogen (secondary N) is 2. The zero-order chi connectivity index (χ0) is 18.9. The highest BCUT2D eigenvalue weighted by molar-refractivity contribution is 5.92. The number of amides is 1. The predicted molar refractivity (Wildman–Crippen MR) is 108 cm³/mol. The Morgan fingerprint density at radius 2 is 1.89 bits per heavy atom. The second-order valence-corrected chi connectivity index (χ2v) is 7.08. The average molecular weight is 367 g/mol. The maximum atomic E-state index is 12.3. The third kappa shape index (κ3) is 5.71. The van der Waals surface area contributed by atoms with E-state index in [1.165, 1.54) is 38.5 Å². The number of para-hydroxylation sites is 1. The summed E-state index contributed by atoms with van der Waals surface area (Å²) in [6.45, 7) is 0.545. The van der Waals surface area contributed by atoms with Crippen LogP contribution in [0.1, 0.15) is 54.6 Å². The van der Waals surface area contributed by atoms with Gasteiger partial charge in [0.1, 0.15) is 11.4 Å². The summed E-state index contributed by atoms with van der Waals surface area (Å²) in [7, 11) is 1.66. The van der Waals surface area contributed by atoms with Gasteiger partial charge in [0.25, 0.3) is 5.91 Å². The molecule has 3 rings (SSSR count). The third-order valence-corrected chi connectivity index (χ3v) is 5.09. The van der Waals surface area contributed by atoms with Gasteiger partial charge >= 0.3 is 0 Å². The van der Waals surface area contributed by atoms with Crippen molar-refractivity contribution in [2.45, 2.75) is 51.0 Å². The molecule has 1 amide bonds. The van der Waals surface area contributed by atoms with Crippen LogP contribution in [0.3, 0.4) is 0 Å². The topological polar surface area (TPSA) is 63.2 Å². The maximum Gasteiger partial charge on any atom is 0.269 e. The molecular formula is C22H29N3O2. The van der Waals surface area contributed by atoms with Crippen LogP contribution >= 0.6 is 0 Å². The van der Waals surface area contributed by atoms with Gasteiger partial charge in [0, 0.05) is 12.6 Å². The van der Waals surface area contributed by atoms with Gasteiger partial charge in [0.05, 0.1) is 19.0 Å². The van der Waals surface area contributed by atoms with Crippen LogP contribution in [0.5, 0.6) is 5.75 Å². The molecule has 0 radical (unpaired) electrons. The minimum atomic E-state index is -0.147. The van der Waals surface area contributed by atoms with Gasteiger partial charge < -0.3 is 15.4 Å². The standard InChI is InChI=1S/C22H29N3O2/c1-27-21-11-7-6-8-17(21)14-15-23-22(26)20-13-12-19(16-24-20)25-18-9-4-2-3-5-10-18/h6-8,11-13,16,18,25H,2-5,9-10,14-15H2,1H3,(H,23,26). The van der Waals surface area contributed by atoms with Crippen molar-refractivity contribution < 1.29 is 9.53 Å². The van der Waals surface area contributed by atoms with Crippen LogP contribution in [-0.4, -0.2) is 30.6 Å². The van der Waals surface area contributed by atoms with E-state index in [1.807, 2.05) is 30.3 Å². The number of carbonyl (C=O) groups is 1. The summed E-state index contributed by atoms with van der Waals surface area (Å²) in [6.07, 6.45) is 10.2. The molecule has 27 heavy (non-hydrogen) atoms. The number of benzene rings is 1. The number of pyridine rings is 1. The maximum absolute atomic E-state index is 12.3. The van der Waals surface area contributed by atoms with Crippen molar-refractivity contribution in [3.8, 4) is 5.75 Å². The van der Waals surface area contributed by atoms with Gasteiger partial charge in [-0.05, 0) is 43.0 Å². The van der Waals surface area contributed by atoms with E-state index < -0.39 is 0 Å². The Morgan fingerprint density at radius 3 is 2.59 bits per heavy atom. The molecule has 1 aromatic carbocycles. The van der Waals surface area contributed by atoms with Gasteiger partial charge in [-0.1, -0.05) is 43.9 Å². The van der Waals surface area contributed by atoms with Crippen LogP contribution in [0, 0.1) is 0 Å². The minimum Gasteiger partial charge on any atom is -0.496 e. The Kier molecular flexibility index (Phi) is 7.08. The van der Waals surface area contributed by atoms with Crippen molar-refractivity contribution in [1.82, 2.24) is 10.3 Å². The molecule has 0 atom stereocenters. The lowest BCUT2D eigenvalue weighted by atomic mass is 10.1. The van der Waals surface area contributed by atoms with Crippen LogP contribution < -0.4 is 15.4 Å². The van der Waals surface area contributed by atoms with Gasteiger partial charge in [-0.25, -0.2) is 4.98 Å². The van der Waals surface area contributed by atoms with Crippen LogP contribution in [0.15, 0.2) is 42.6 Å². The van der Waals surface area contributed by atoms with Crippen molar-refractivity contribution in [1.29, 1.82) is 0 Å². The molecule has 0 aliphatic heterocycles. The molecule has 1 aliphatic rings. The molecule has 5 nitrogen and oxygen atoms in total. The van der Waals surface area contributed by atoms with Gasteiger partial charge in [0.15, 0.2) is 0 Å². The summed E-state index contributed by atoms with van der Waals surface area (Å²) >= 11 is 0.